The Morgan fingerprint density at radius 3 is 2.47 bits per heavy atom. The predicted molar refractivity (Wildman–Crippen MR) is 117 cm³/mol. The van der Waals surface area contributed by atoms with E-state index in [0.29, 0.717) is 27.3 Å². The number of nitrogens with two attached hydrogens (primary N) is 1. The molecule has 3 rings (SSSR count). The number of nitrogens with one attached hydrogen (secondary N) is 1. The van der Waals surface area contributed by atoms with Crippen molar-refractivity contribution in [2.45, 2.75) is 31.7 Å². The van der Waals surface area contributed by atoms with E-state index in [1.54, 1.807) is 36.4 Å². The highest BCUT2D eigenvalue weighted by Crippen LogP contribution is 2.31. The first-order valence-electron chi connectivity index (χ1n) is 9.46. The Bertz CT molecular complexity index is 1010. The van der Waals surface area contributed by atoms with Crippen molar-refractivity contribution in [2.24, 2.45) is 5.41 Å². The third kappa shape index (κ3) is 4.96. The van der Waals surface area contributed by atoms with Crippen LogP contribution in [0.2, 0.25) is 0 Å². The van der Waals surface area contributed by atoms with Gasteiger partial charge in [0, 0.05) is 11.1 Å². The molecule has 2 atom stereocenters. The third-order valence-electron chi connectivity index (χ3n) is 4.79. The quantitative estimate of drug-likeness (QED) is 0.518. The van der Waals surface area contributed by atoms with Crippen LogP contribution < -0.4 is 10.5 Å². The van der Waals surface area contributed by atoms with E-state index >= 15 is 0 Å². The van der Waals surface area contributed by atoms with Gasteiger partial charge in [0.2, 0.25) is 0 Å². The van der Waals surface area contributed by atoms with Gasteiger partial charge in [0.25, 0.3) is 0 Å². The van der Waals surface area contributed by atoms with Crippen molar-refractivity contribution in [1.82, 2.24) is 14.7 Å². The zero-order valence-electron chi connectivity index (χ0n) is 17.1. The summed E-state index contributed by atoms with van der Waals surface area (Å²) in [6, 6.07) is 11.5. The molecular formula is C22H25FN4O2S. The normalized spacial score (nSPS) is 13.8. The molecule has 0 saturated carbocycles. The highest BCUT2D eigenvalue weighted by molar-refractivity contribution is 7.89. The lowest BCUT2D eigenvalue weighted by Gasteiger charge is -2.29. The van der Waals surface area contributed by atoms with Gasteiger partial charge in [-0.3, -0.25) is 4.98 Å². The maximum Gasteiger partial charge on any atom is 0.181 e. The highest BCUT2D eigenvalue weighted by Gasteiger charge is 2.30. The van der Waals surface area contributed by atoms with Crippen molar-refractivity contribution < 1.29 is 14.0 Å². The summed E-state index contributed by atoms with van der Waals surface area (Å²) < 4.78 is 30.9. The van der Waals surface area contributed by atoms with Crippen LogP contribution in [0.4, 0.5) is 10.2 Å². The SMILES string of the molecule is CC(C)(C)C(CO)N[S+]([O-])c1ccccc1-c1ccc(-c2cnc(N)cn2)c(F)c1. The molecule has 8 heteroatoms. The van der Waals surface area contributed by atoms with E-state index in [2.05, 4.69) is 14.7 Å². The van der Waals surface area contributed by atoms with Gasteiger partial charge in [-0.15, -0.1) is 4.72 Å². The summed E-state index contributed by atoms with van der Waals surface area (Å²) in [4.78, 5) is 8.58. The molecule has 0 spiro atoms. The van der Waals surface area contributed by atoms with E-state index in [4.69, 9.17) is 5.73 Å². The molecule has 6 nitrogen and oxygen atoms in total. The first-order valence-corrected chi connectivity index (χ1v) is 10.6. The number of nitrogen functional groups attached to an aromatic ring is 1. The summed E-state index contributed by atoms with van der Waals surface area (Å²) in [5, 5.41) is 9.67. The number of aliphatic hydroxyl groups excluding tert-OH is 1. The molecule has 1 heterocycles. The van der Waals surface area contributed by atoms with Crippen LogP contribution in [0.3, 0.4) is 0 Å². The van der Waals surface area contributed by atoms with Crippen LogP contribution in [-0.2, 0) is 11.4 Å². The number of nitrogens with zero attached hydrogens (tertiary/aromatic N) is 2. The fourth-order valence-corrected chi connectivity index (χ4v) is 4.32. The smallest absolute Gasteiger partial charge is 0.181 e. The second-order valence-corrected chi connectivity index (χ2v) is 9.22. The minimum absolute atomic E-state index is 0.149. The Kier molecular flexibility index (Phi) is 6.72. The van der Waals surface area contributed by atoms with Crippen LogP contribution in [0.5, 0.6) is 0 Å². The van der Waals surface area contributed by atoms with Crippen LogP contribution in [0.15, 0.2) is 59.8 Å². The average molecular weight is 429 g/mol. The van der Waals surface area contributed by atoms with Gasteiger partial charge < -0.3 is 15.4 Å². The van der Waals surface area contributed by atoms with E-state index in [0.717, 1.165) is 0 Å². The highest BCUT2D eigenvalue weighted by atomic mass is 32.2. The van der Waals surface area contributed by atoms with Crippen LogP contribution in [0, 0.1) is 11.2 Å². The van der Waals surface area contributed by atoms with Gasteiger partial charge in [-0.1, -0.05) is 39.0 Å². The lowest BCUT2D eigenvalue weighted by molar-refractivity contribution is 0.177. The largest absolute Gasteiger partial charge is 0.593 e. The first-order chi connectivity index (χ1) is 14.2. The number of rotatable bonds is 6. The lowest BCUT2D eigenvalue weighted by Crippen LogP contribution is -2.46. The van der Waals surface area contributed by atoms with E-state index in [9.17, 15) is 14.0 Å². The lowest BCUT2D eigenvalue weighted by atomic mass is 9.88. The van der Waals surface area contributed by atoms with E-state index in [-0.39, 0.29) is 23.9 Å². The molecule has 30 heavy (non-hydrogen) atoms. The molecule has 0 bridgehead atoms. The summed E-state index contributed by atoms with van der Waals surface area (Å²) in [5.74, 6) is -0.209. The van der Waals surface area contributed by atoms with E-state index in [1.165, 1.54) is 18.5 Å². The molecule has 2 aromatic carbocycles. The van der Waals surface area contributed by atoms with Gasteiger partial charge in [0.05, 0.1) is 42.1 Å². The molecule has 3 aromatic rings. The standard InChI is InChI=1S/C22H25FN4O2S/c1-22(2,3)20(13-28)27-30(29)19-7-5-4-6-15(19)14-8-9-16(17(23)10-14)18-11-26-21(24)12-25-18/h4-12,20,27-28H,13H2,1-3H3,(H2,24,26). The Labute approximate surface area is 178 Å². The summed E-state index contributed by atoms with van der Waals surface area (Å²) in [5.41, 5.74) is 7.16. The number of hydrogen-bond acceptors (Lipinski definition) is 6. The van der Waals surface area contributed by atoms with Crippen LogP contribution in [-0.4, -0.2) is 32.3 Å². The van der Waals surface area contributed by atoms with Gasteiger partial charge >= 0.3 is 0 Å². The number of aromatic nitrogens is 2. The van der Waals surface area contributed by atoms with Crippen molar-refractivity contribution in [3.8, 4) is 22.4 Å². The minimum Gasteiger partial charge on any atom is -0.593 e. The molecule has 158 valence electrons. The zero-order valence-corrected chi connectivity index (χ0v) is 17.9. The van der Waals surface area contributed by atoms with Crippen LogP contribution in [0.1, 0.15) is 20.8 Å². The van der Waals surface area contributed by atoms with E-state index < -0.39 is 17.2 Å². The molecule has 0 aliphatic rings. The summed E-state index contributed by atoms with van der Waals surface area (Å²) >= 11 is -1.59. The van der Waals surface area contributed by atoms with Gasteiger partial charge in [0.1, 0.15) is 11.6 Å². The number of hydrogen-bond donors (Lipinski definition) is 3. The first kappa shape index (κ1) is 22.2. The minimum atomic E-state index is -1.59. The summed E-state index contributed by atoms with van der Waals surface area (Å²) in [6.07, 6.45) is 2.79. The van der Waals surface area contributed by atoms with Gasteiger partial charge in [0.15, 0.2) is 4.90 Å². The van der Waals surface area contributed by atoms with Crippen molar-refractivity contribution in [3.05, 3.63) is 60.7 Å². The van der Waals surface area contributed by atoms with Crippen molar-refractivity contribution >= 4 is 17.2 Å². The molecule has 0 radical (unpaired) electrons. The Hall–Kier alpha value is -2.52. The Morgan fingerprint density at radius 2 is 1.87 bits per heavy atom. The van der Waals surface area contributed by atoms with Gasteiger partial charge in [-0.25, -0.2) is 9.37 Å². The van der Waals surface area contributed by atoms with Gasteiger partial charge in [-0.05, 0) is 35.2 Å². The number of aliphatic hydroxyl groups is 1. The topological polar surface area (TPSA) is 107 Å². The summed E-state index contributed by atoms with van der Waals surface area (Å²) in [7, 11) is 0. The van der Waals surface area contributed by atoms with Crippen LogP contribution in [0.25, 0.3) is 22.4 Å². The maximum atomic E-state index is 14.9. The maximum absolute atomic E-state index is 14.9. The second-order valence-electron chi connectivity index (χ2n) is 8.01. The fourth-order valence-electron chi connectivity index (χ4n) is 2.91. The predicted octanol–water partition coefficient (Wildman–Crippen LogP) is 3.55. The zero-order chi connectivity index (χ0) is 21.9. The molecular weight excluding hydrogens is 403 g/mol. The fraction of sp³-hybridized carbons (Fsp3) is 0.273. The molecule has 0 fully saturated rings. The van der Waals surface area contributed by atoms with Crippen molar-refractivity contribution in [1.29, 1.82) is 0 Å². The molecule has 1 aromatic heterocycles. The number of benzene rings is 2. The molecule has 0 saturated heterocycles. The molecule has 0 aliphatic carbocycles. The number of anilines is 1. The molecule has 4 N–H and O–H groups in total. The number of halogens is 1. The van der Waals surface area contributed by atoms with Crippen molar-refractivity contribution in [2.75, 3.05) is 12.3 Å². The average Bonchev–Trinajstić information content (AvgIpc) is 2.71. The van der Waals surface area contributed by atoms with E-state index in [1.807, 2.05) is 20.8 Å². The molecule has 0 aliphatic heterocycles. The van der Waals surface area contributed by atoms with Crippen LogP contribution >= 0.6 is 0 Å². The van der Waals surface area contributed by atoms with Gasteiger partial charge in [-0.2, -0.15) is 0 Å². The second kappa shape index (κ2) is 9.09. The third-order valence-corrected chi connectivity index (χ3v) is 6.05. The monoisotopic (exact) mass is 428 g/mol. The van der Waals surface area contributed by atoms with Crippen molar-refractivity contribution in [3.63, 3.8) is 0 Å². The Morgan fingerprint density at radius 1 is 1.13 bits per heavy atom. The summed E-state index contributed by atoms with van der Waals surface area (Å²) in [6.45, 7) is 5.72. The molecule has 0 amide bonds. The Balaban J connectivity index is 1.93. The molecule has 2 unspecified atom stereocenters.